The first-order chi connectivity index (χ1) is 12.8. The summed E-state index contributed by atoms with van der Waals surface area (Å²) in [5.74, 6) is 0.866. The molecular formula is C22H28N3O+. The molecule has 4 rings (SSSR count). The van der Waals surface area contributed by atoms with Gasteiger partial charge in [0.25, 0.3) is 5.91 Å². The maximum atomic E-state index is 12.6. The molecule has 0 spiro atoms. The summed E-state index contributed by atoms with van der Waals surface area (Å²) in [5.41, 5.74) is 2.21. The maximum Gasteiger partial charge on any atom is 0.255 e. The summed E-state index contributed by atoms with van der Waals surface area (Å²) >= 11 is 0. The van der Waals surface area contributed by atoms with Crippen molar-refractivity contribution in [3.05, 3.63) is 66.0 Å². The molecule has 1 aromatic carbocycles. The van der Waals surface area contributed by atoms with Gasteiger partial charge in [0.15, 0.2) is 0 Å². The molecule has 2 aliphatic rings. The Hall–Kier alpha value is -2.20. The van der Waals surface area contributed by atoms with E-state index in [4.69, 9.17) is 0 Å². The van der Waals surface area contributed by atoms with Crippen LogP contribution >= 0.6 is 0 Å². The van der Waals surface area contributed by atoms with E-state index in [1.54, 1.807) is 17.3 Å². The summed E-state index contributed by atoms with van der Waals surface area (Å²) < 4.78 is 0. The predicted molar refractivity (Wildman–Crippen MR) is 102 cm³/mol. The van der Waals surface area contributed by atoms with E-state index in [9.17, 15) is 4.79 Å². The Balaban J connectivity index is 1.27. The molecule has 4 heteroatoms. The summed E-state index contributed by atoms with van der Waals surface area (Å²) in [6.45, 7) is 3.88. The second-order valence-corrected chi connectivity index (χ2v) is 7.65. The molecule has 1 aliphatic carbocycles. The van der Waals surface area contributed by atoms with Crippen molar-refractivity contribution >= 4 is 5.91 Å². The molecule has 2 fully saturated rings. The highest BCUT2D eigenvalue weighted by molar-refractivity contribution is 5.93. The van der Waals surface area contributed by atoms with E-state index in [-0.39, 0.29) is 5.91 Å². The molecule has 2 aromatic rings. The number of amides is 1. The van der Waals surface area contributed by atoms with Gasteiger partial charge in [-0.3, -0.25) is 9.78 Å². The largest absolute Gasteiger partial charge is 0.330 e. The highest BCUT2D eigenvalue weighted by Gasteiger charge is 2.33. The van der Waals surface area contributed by atoms with E-state index in [0.717, 1.165) is 38.1 Å². The molecule has 1 saturated carbocycles. The van der Waals surface area contributed by atoms with Crippen molar-refractivity contribution in [1.29, 1.82) is 0 Å². The molecule has 2 heterocycles. The second kappa shape index (κ2) is 8.00. The van der Waals surface area contributed by atoms with E-state index in [1.165, 1.54) is 31.2 Å². The topological polar surface area (TPSA) is 37.6 Å². The molecule has 1 N–H and O–H groups in total. The lowest BCUT2D eigenvalue weighted by molar-refractivity contribution is -0.930. The van der Waals surface area contributed by atoms with Gasteiger partial charge in [0.2, 0.25) is 0 Å². The molecule has 1 aromatic heterocycles. The Morgan fingerprint density at radius 3 is 2.35 bits per heavy atom. The number of hydrogen-bond donors (Lipinski definition) is 1. The average Bonchev–Trinajstić information content (AvgIpc) is 2.75. The third-order valence-corrected chi connectivity index (χ3v) is 6.18. The van der Waals surface area contributed by atoms with Gasteiger partial charge in [0.05, 0.1) is 37.8 Å². The Kier molecular flexibility index (Phi) is 5.30. The van der Waals surface area contributed by atoms with Crippen molar-refractivity contribution in [2.75, 3.05) is 26.2 Å². The van der Waals surface area contributed by atoms with E-state index in [0.29, 0.717) is 5.56 Å². The Morgan fingerprint density at radius 1 is 0.962 bits per heavy atom. The highest BCUT2D eigenvalue weighted by Crippen LogP contribution is 2.31. The van der Waals surface area contributed by atoms with Crippen LogP contribution in [0, 0.1) is 0 Å². The van der Waals surface area contributed by atoms with Gasteiger partial charge in [-0.2, -0.15) is 0 Å². The third kappa shape index (κ3) is 3.80. The SMILES string of the molecule is O=C(c1cccnc1)N1CC[NH+](C2CCC(c3ccccc3)CC2)CC1. The summed E-state index contributed by atoms with van der Waals surface area (Å²) in [7, 11) is 0. The molecule has 1 amide bonds. The number of quaternary nitrogens is 1. The summed E-state index contributed by atoms with van der Waals surface area (Å²) in [6.07, 6.45) is 8.61. The van der Waals surface area contributed by atoms with Crippen LogP contribution in [-0.4, -0.2) is 48.0 Å². The van der Waals surface area contributed by atoms with Crippen molar-refractivity contribution in [2.24, 2.45) is 0 Å². The van der Waals surface area contributed by atoms with Crippen molar-refractivity contribution in [3.63, 3.8) is 0 Å². The number of hydrogen-bond acceptors (Lipinski definition) is 2. The lowest BCUT2D eigenvalue weighted by atomic mass is 9.81. The van der Waals surface area contributed by atoms with E-state index in [1.807, 2.05) is 17.0 Å². The number of aromatic nitrogens is 1. The minimum atomic E-state index is 0.130. The van der Waals surface area contributed by atoms with Crippen LogP contribution in [0.25, 0.3) is 0 Å². The summed E-state index contributed by atoms with van der Waals surface area (Å²) in [4.78, 5) is 20.3. The van der Waals surface area contributed by atoms with Gasteiger partial charge in [0, 0.05) is 12.4 Å². The Labute approximate surface area is 155 Å². The van der Waals surface area contributed by atoms with Crippen LogP contribution in [0.3, 0.4) is 0 Å². The zero-order chi connectivity index (χ0) is 17.8. The van der Waals surface area contributed by atoms with Crippen LogP contribution in [0.4, 0.5) is 0 Å². The molecule has 0 unspecified atom stereocenters. The van der Waals surface area contributed by atoms with E-state index < -0.39 is 0 Å². The lowest BCUT2D eigenvalue weighted by Gasteiger charge is -2.39. The molecule has 0 radical (unpaired) electrons. The van der Waals surface area contributed by atoms with Gasteiger partial charge in [0.1, 0.15) is 0 Å². The van der Waals surface area contributed by atoms with Crippen molar-refractivity contribution < 1.29 is 9.69 Å². The van der Waals surface area contributed by atoms with Gasteiger partial charge in [-0.25, -0.2) is 0 Å². The van der Waals surface area contributed by atoms with Crippen LogP contribution in [0.1, 0.15) is 47.5 Å². The zero-order valence-electron chi connectivity index (χ0n) is 15.3. The molecule has 26 heavy (non-hydrogen) atoms. The third-order valence-electron chi connectivity index (χ3n) is 6.18. The second-order valence-electron chi connectivity index (χ2n) is 7.65. The van der Waals surface area contributed by atoms with Crippen LogP contribution in [0.5, 0.6) is 0 Å². The number of nitrogens with one attached hydrogen (secondary N) is 1. The number of benzene rings is 1. The van der Waals surface area contributed by atoms with Crippen molar-refractivity contribution in [1.82, 2.24) is 9.88 Å². The molecule has 0 bridgehead atoms. The fourth-order valence-corrected chi connectivity index (χ4v) is 4.64. The number of nitrogens with zero attached hydrogens (tertiary/aromatic N) is 2. The van der Waals surface area contributed by atoms with Crippen LogP contribution in [0.2, 0.25) is 0 Å². The van der Waals surface area contributed by atoms with Gasteiger partial charge < -0.3 is 9.80 Å². The van der Waals surface area contributed by atoms with Crippen LogP contribution in [0.15, 0.2) is 54.9 Å². The summed E-state index contributed by atoms with van der Waals surface area (Å²) in [6, 6.07) is 15.4. The summed E-state index contributed by atoms with van der Waals surface area (Å²) in [5, 5.41) is 0. The van der Waals surface area contributed by atoms with Crippen LogP contribution < -0.4 is 4.90 Å². The normalized spacial score (nSPS) is 24.4. The number of piperazine rings is 1. The van der Waals surface area contributed by atoms with E-state index in [2.05, 4.69) is 35.3 Å². The predicted octanol–water partition coefficient (Wildman–Crippen LogP) is 2.15. The Bertz CT molecular complexity index is 703. The first kappa shape index (κ1) is 17.2. The molecule has 1 aliphatic heterocycles. The standard InChI is InChI=1S/C22H27N3O/c26-22(20-7-4-12-23-17-20)25-15-13-24(14-16-25)21-10-8-19(9-11-21)18-5-2-1-3-6-18/h1-7,12,17,19,21H,8-11,13-16H2/p+1. The van der Waals surface area contributed by atoms with Gasteiger partial charge >= 0.3 is 0 Å². The number of rotatable bonds is 3. The average molecular weight is 350 g/mol. The van der Waals surface area contributed by atoms with Crippen LogP contribution in [-0.2, 0) is 0 Å². The lowest BCUT2D eigenvalue weighted by Crippen LogP contribution is -3.18. The van der Waals surface area contributed by atoms with Gasteiger partial charge in [-0.1, -0.05) is 30.3 Å². The number of pyridine rings is 1. The van der Waals surface area contributed by atoms with Crippen molar-refractivity contribution in [3.8, 4) is 0 Å². The van der Waals surface area contributed by atoms with Gasteiger partial charge in [-0.15, -0.1) is 0 Å². The number of carbonyl (C=O) groups is 1. The Morgan fingerprint density at radius 2 is 1.69 bits per heavy atom. The molecule has 136 valence electrons. The molecule has 0 atom stereocenters. The first-order valence-corrected chi connectivity index (χ1v) is 9.90. The number of carbonyl (C=O) groups excluding carboxylic acids is 1. The zero-order valence-corrected chi connectivity index (χ0v) is 15.3. The minimum absolute atomic E-state index is 0.130. The highest BCUT2D eigenvalue weighted by atomic mass is 16.2. The molecule has 1 saturated heterocycles. The van der Waals surface area contributed by atoms with Crippen molar-refractivity contribution in [2.45, 2.75) is 37.6 Å². The maximum absolute atomic E-state index is 12.6. The minimum Gasteiger partial charge on any atom is -0.330 e. The molecular weight excluding hydrogens is 322 g/mol. The quantitative estimate of drug-likeness (QED) is 0.921. The van der Waals surface area contributed by atoms with Gasteiger partial charge in [-0.05, 0) is 49.3 Å². The monoisotopic (exact) mass is 350 g/mol. The fraction of sp³-hybridized carbons (Fsp3) is 0.455. The van der Waals surface area contributed by atoms with E-state index >= 15 is 0 Å². The smallest absolute Gasteiger partial charge is 0.255 e. The first-order valence-electron chi connectivity index (χ1n) is 9.90. The molecule has 4 nitrogen and oxygen atoms in total. The fourth-order valence-electron chi connectivity index (χ4n) is 4.64.